The minimum atomic E-state index is -4.80. The lowest BCUT2D eigenvalue weighted by atomic mass is 10.1. The number of amides is 2. The van der Waals surface area contributed by atoms with Gasteiger partial charge in [-0.1, -0.05) is 6.58 Å². The number of carbonyl (C=O) groups is 3. The Hall–Kier alpha value is -4.57. The molecule has 0 aromatic carbocycles. The Labute approximate surface area is 263 Å². The van der Waals surface area contributed by atoms with E-state index in [0.29, 0.717) is 70.4 Å². The maximum absolute atomic E-state index is 14.3. The molecule has 1 N–H and O–H groups in total. The molecule has 246 valence electrons. The summed E-state index contributed by atoms with van der Waals surface area (Å²) in [7, 11) is 0. The summed E-state index contributed by atoms with van der Waals surface area (Å²) in [5.41, 5.74) is 0.100. The first-order chi connectivity index (χ1) is 22.0. The van der Waals surface area contributed by atoms with Crippen LogP contribution in [-0.2, 0) is 31.8 Å². The Morgan fingerprint density at radius 2 is 1.83 bits per heavy atom. The fraction of sp³-hybridized carbons (Fsp3) is 0.467. The minimum Gasteiger partial charge on any atom is -0.450 e. The van der Waals surface area contributed by atoms with Crippen molar-refractivity contribution in [3.63, 3.8) is 0 Å². The first kappa shape index (κ1) is 32.8. The van der Waals surface area contributed by atoms with E-state index in [2.05, 4.69) is 31.9 Å². The Kier molecular flexibility index (Phi) is 10.2. The van der Waals surface area contributed by atoms with Gasteiger partial charge in [0.2, 0.25) is 5.91 Å². The molecular formula is C30H35F3N8O5. The van der Waals surface area contributed by atoms with Crippen LogP contribution in [0.15, 0.2) is 37.2 Å². The van der Waals surface area contributed by atoms with Gasteiger partial charge in [0.25, 0.3) is 0 Å². The third-order valence-corrected chi connectivity index (χ3v) is 7.71. The zero-order valence-electron chi connectivity index (χ0n) is 25.4. The van der Waals surface area contributed by atoms with Crippen LogP contribution in [0.1, 0.15) is 30.9 Å². The highest BCUT2D eigenvalue weighted by Crippen LogP contribution is 2.38. The van der Waals surface area contributed by atoms with Gasteiger partial charge in [0.1, 0.15) is 11.3 Å². The van der Waals surface area contributed by atoms with Gasteiger partial charge in [0.15, 0.2) is 17.4 Å². The fourth-order valence-electron chi connectivity index (χ4n) is 5.36. The van der Waals surface area contributed by atoms with E-state index >= 15 is 0 Å². The number of rotatable bonds is 10. The summed E-state index contributed by atoms with van der Waals surface area (Å²) in [5, 5.41) is 6.68. The van der Waals surface area contributed by atoms with E-state index in [1.165, 1.54) is 10.6 Å². The number of pyridine rings is 1. The van der Waals surface area contributed by atoms with Crippen molar-refractivity contribution < 1.29 is 37.0 Å². The molecule has 3 aromatic rings. The molecule has 0 spiro atoms. The Morgan fingerprint density at radius 1 is 1.09 bits per heavy atom. The number of allylic oxidation sites excluding steroid dienone is 1. The van der Waals surface area contributed by atoms with Crippen LogP contribution in [0.2, 0.25) is 0 Å². The molecule has 0 bridgehead atoms. The van der Waals surface area contributed by atoms with Crippen molar-refractivity contribution in [1.82, 2.24) is 29.4 Å². The number of aromatic nitrogens is 4. The maximum Gasteiger partial charge on any atom is 0.417 e. The lowest BCUT2D eigenvalue weighted by Crippen LogP contribution is -2.48. The molecule has 46 heavy (non-hydrogen) atoms. The minimum absolute atomic E-state index is 0.0442. The summed E-state index contributed by atoms with van der Waals surface area (Å²) >= 11 is 0. The predicted molar refractivity (Wildman–Crippen MR) is 161 cm³/mol. The number of hydrogen-bond acceptors (Lipinski definition) is 10. The predicted octanol–water partition coefficient (Wildman–Crippen LogP) is 3.39. The summed E-state index contributed by atoms with van der Waals surface area (Å²) < 4.78 is 54.7. The summed E-state index contributed by atoms with van der Waals surface area (Å²) in [6.45, 7) is 9.72. The van der Waals surface area contributed by atoms with Gasteiger partial charge in [-0.05, 0) is 30.7 Å². The van der Waals surface area contributed by atoms with Gasteiger partial charge < -0.3 is 19.3 Å². The zero-order chi connectivity index (χ0) is 32.8. The van der Waals surface area contributed by atoms with Gasteiger partial charge in [-0.25, -0.2) is 19.3 Å². The van der Waals surface area contributed by atoms with Crippen molar-refractivity contribution in [2.24, 2.45) is 0 Å². The molecule has 0 radical (unpaired) electrons. The molecule has 2 aliphatic rings. The van der Waals surface area contributed by atoms with E-state index in [1.807, 2.05) is 11.0 Å². The smallest absolute Gasteiger partial charge is 0.417 e. The SMILES string of the molecule is C=CC(=O)CCC(=O)N1CCN(Cc2cc3c(N4CCOCC4)nc(-c4cnc(NC(=O)OCC)cc4C(F)(F)F)nn3c2)CC1. The standard InChI is InChI=1S/C30H35F3N8O5/c1-3-21(42)5-6-26(43)39-9-7-38(8-10-39)18-20-15-24-28(40-11-13-45-14-12-40)36-27(37-41(24)19-20)22-17-34-25(35-29(44)46-4-2)16-23(22)30(31,32)33/h3,15-17,19H,1,4-14,18H2,2H3,(H,34,35,44). The summed E-state index contributed by atoms with van der Waals surface area (Å²) in [6.07, 6.45) is -1.45. The molecule has 5 heterocycles. The lowest BCUT2D eigenvalue weighted by molar-refractivity contribution is -0.137. The summed E-state index contributed by atoms with van der Waals surface area (Å²) in [4.78, 5) is 50.3. The maximum atomic E-state index is 14.3. The van der Waals surface area contributed by atoms with Crippen LogP contribution < -0.4 is 10.2 Å². The number of hydrogen-bond donors (Lipinski definition) is 1. The van der Waals surface area contributed by atoms with Crippen LogP contribution in [0.5, 0.6) is 0 Å². The van der Waals surface area contributed by atoms with Crippen molar-refractivity contribution in [2.45, 2.75) is 32.5 Å². The molecule has 2 fully saturated rings. The number of fused-ring (bicyclic) bond motifs is 1. The molecule has 0 unspecified atom stereocenters. The van der Waals surface area contributed by atoms with Crippen molar-refractivity contribution in [3.05, 3.63) is 48.3 Å². The molecule has 5 rings (SSSR count). The first-order valence-electron chi connectivity index (χ1n) is 14.9. The number of ketones is 1. The molecule has 13 nitrogen and oxygen atoms in total. The number of ether oxygens (including phenoxy) is 2. The lowest BCUT2D eigenvalue weighted by Gasteiger charge is -2.34. The van der Waals surface area contributed by atoms with Gasteiger partial charge in [0.05, 0.1) is 30.9 Å². The number of carbonyl (C=O) groups excluding carboxylic acids is 3. The van der Waals surface area contributed by atoms with Crippen molar-refractivity contribution in [2.75, 3.05) is 69.3 Å². The molecule has 3 aromatic heterocycles. The van der Waals surface area contributed by atoms with Crippen molar-refractivity contribution in [3.8, 4) is 11.4 Å². The molecule has 16 heteroatoms. The largest absolute Gasteiger partial charge is 0.450 e. The van der Waals surface area contributed by atoms with Gasteiger partial charge in [-0.2, -0.15) is 13.2 Å². The van der Waals surface area contributed by atoms with E-state index in [9.17, 15) is 27.6 Å². The fourth-order valence-corrected chi connectivity index (χ4v) is 5.36. The van der Waals surface area contributed by atoms with Crippen LogP contribution in [0.4, 0.5) is 29.6 Å². The summed E-state index contributed by atoms with van der Waals surface area (Å²) in [5.74, 6) is -0.268. The highest BCUT2D eigenvalue weighted by molar-refractivity contribution is 5.92. The second kappa shape index (κ2) is 14.2. The molecule has 2 amide bonds. The number of nitrogens with one attached hydrogen (secondary N) is 1. The average Bonchev–Trinajstić information content (AvgIpc) is 3.45. The third-order valence-electron chi connectivity index (χ3n) is 7.71. The molecule has 0 atom stereocenters. The second-order valence-corrected chi connectivity index (χ2v) is 10.8. The monoisotopic (exact) mass is 644 g/mol. The van der Waals surface area contributed by atoms with Crippen LogP contribution >= 0.6 is 0 Å². The molecule has 0 saturated carbocycles. The van der Waals surface area contributed by atoms with E-state index in [1.54, 1.807) is 18.0 Å². The Balaban J connectivity index is 1.41. The molecule has 0 aliphatic carbocycles. The highest BCUT2D eigenvalue weighted by Gasteiger charge is 2.36. The van der Waals surface area contributed by atoms with Crippen molar-refractivity contribution in [1.29, 1.82) is 0 Å². The van der Waals surface area contributed by atoms with E-state index < -0.39 is 17.8 Å². The van der Waals surface area contributed by atoms with E-state index in [0.717, 1.165) is 17.8 Å². The Morgan fingerprint density at radius 3 is 2.50 bits per heavy atom. The second-order valence-electron chi connectivity index (χ2n) is 10.8. The molecule has 2 saturated heterocycles. The van der Waals surface area contributed by atoms with Crippen LogP contribution in [-0.4, -0.2) is 106 Å². The zero-order valence-corrected chi connectivity index (χ0v) is 25.4. The van der Waals surface area contributed by atoms with Gasteiger partial charge in [-0.3, -0.25) is 19.8 Å². The normalized spacial score (nSPS) is 16.0. The number of piperazine rings is 1. The van der Waals surface area contributed by atoms with Gasteiger partial charge >= 0.3 is 12.3 Å². The van der Waals surface area contributed by atoms with Gasteiger partial charge in [-0.15, -0.1) is 5.10 Å². The van der Waals surface area contributed by atoms with E-state index in [-0.39, 0.29) is 48.3 Å². The number of halogens is 3. The molecule has 2 aliphatic heterocycles. The number of anilines is 2. The average molecular weight is 645 g/mol. The number of morpholine rings is 1. The number of nitrogens with zero attached hydrogens (tertiary/aromatic N) is 7. The van der Waals surface area contributed by atoms with Gasteiger partial charge in [0, 0.05) is 71.0 Å². The summed E-state index contributed by atoms with van der Waals surface area (Å²) in [6, 6.07) is 2.65. The third kappa shape index (κ3) is 7.80. The quantitative estimate of drug-likeness (QED) is 0.328. The highest BCUT2D eigenvalue weighted by atomic mass is 19.4. The first-order valence-corrected chi connectivity index (χ1v) is 14.9. The van der Waals surface area contributed by atoms with Crippen LogP contribution in [0.3, 0.4) is 0 Å². The molecular weight excluding hydrogens is 609 g/mol. The van der Waals surface area contributed by atoms with Crippen molar-refractivity contribution >= 4 is 34.9 Å². The van der Waals surface area contributed by atoms with E-state index in [4.69, 9.17) is 9.47 Å². The number of alkyl halides is 3. The van der Waals surface area contributed by atoms with Crippen LogP contribution in [0.25, 0.3) is 16.9 Å². The Bertz CT molecular complexity index is 1600. The van der Waals surface area contributed by atoms with Crippen LogP contribution in [0, 0.1) is 0 Å². The topological polar surface area (TPSA) is 134 Å².